The number of rotatable bonds is 14. The second kappa shape index (κ2) is 22.7. The average molecular weight is 304 g/mol. The van der Waals surface area contributed by atoms with Gasteiger partial charge in [0.05, 0.1) is 0 Å². The van der Waals surface area contributed by atoms with Gasteiger partial charge in [-0.1, -0.05) is 84.0 Å². The Kier molecular flexibility index (Phi) is 30.0. The number of carboxylic acids is 1. The number of aliphatic carboxylic acids is 1. The van der Waals surface area contributed by atoms with Crippen molar-refractivity contribution < 1.29 is 9.90 Å². The summed E-state index contributed by atoms with van der Waals surface area (Å²) in [4.78, 5) is 10.3. The van der Waals surface area contributed by atoms with Gasteiger partial charge >= 0.3 is 65.1 Å². The molecule has 0 aromatic carbocycles. The van der Waals surface area contributed by atoms with Crippen molar-refractivity contribution in [2.24, 2.45) is 0 Å². The minimum atomic E-state index is -0.655. The van der Waals surface area contributed by atoms with E-state index in [1.54, 1.807) is 0 Å². The van der Waals surface area contributed by atoms with E-state index in [2.05, 4.69) is 6.92 Å². The van der Waals surface area contributed by atoms with Crippen molar-refractivity contribution in [2.45, 2.75) is 96.8 Å². The van der Waals surface area contributed by atoms with Crippen molar-refractivity contribution in [1.82, 2.24) is 0 Å². The zero-order valence-corrected chi connectivity index (χ0v) is 12.3. The van der Waals surface area contributed by atoms with Crippen molar-refractivity contribution in [1.29, 1.82) is 0 Å². The number of carboxylic acid groups (broad SMARTS) is 1. The molecule has 0 aliphatic carbocycles. The topological polar surface area (TPSA) is 37.3 Å². The van der Waals surface area contributed by atoms with Gasteiger partial charge in [-0.25, -0.2) is 0 Å². The van der Waals surface area contributed by atoms with Gasteiger partial charge in [0.15, 0.2) is 0 Å². The van der Waals surface area contributed by atoms with Gasteiger partial charge in [-0.2, -0.15) is 0 Å². The fraction of sp³-hybridized carbons (Fsp3) is 0.938. The van der Waals surface area contributed by atoms with Crippen LogP contribution in [0.2, 0.25) is 0 Å². The van der Waals surface area contributed by atoms with Gasteiger partial charge in [-0.15, -0.1) is 0 Å². The van der Waals surface area contributed by atoms with Crippen LogP contribution < -0.4 is 0 Å². The monoisotopic (exact) mass is 304 g/mol. The molecule has 0 saturated heterocycles. The first-order valence-electron chi connectivity index (χ1n) is 7.99. The third kappa shape index (κ3) is 24.5. The van der Waals surface area contributed by atoms with E-state index >= 15 is 0 Å². The molecular formula is C16H34Na2O2. The zero-order valence-electron chi connectivity index (χ0n) is 12.3. The molecule has 0 aromatic heterocycles. The van der Waals surface area contributed by atoms with Crippen molar-refractivity contribution in [3.05, 3.63) is 0 Å². The maximum absolute atomic E-state index is 10.3. The van der Waals surface area contributed by atoms with E-state index in [0.29, 0.717) is 6.42 Å². The SMILES string of the molecule is CCCCCCCCCCCCCCCC(=O)O.[NaH].[NaH]. The first-order valence-corrected chi connectivity index (χ1v) is 7.99. The zero-order chi connectivity index (χ0) is 13.5. The molecule has 0 heterocycles. The van der Waals surface area contributed by atoms with Crippen LogP contribution in [0.4, 0.5) is 0 Å². The molecule has 0 fully saturated rings. The molecule has 0 amide bonds. The molecule has 112 valence electrons. The van der Waals surface area contributed by atoms with Crippen molar-refractivity contribution in [2.75, 3.05) is 0 Å². The summed E-state index contributed by atoms with van der Waals surface area (Å²) in [7, 11) is 0. The molecule has 0 spiro atoms. The van der Waals surface area contributed by atoms with Crippen molar-refractivity contribution in [3.8, 4) is 0 Å². The van der Waals surface area contributed by atoms with E-state index in [1.165, 1.54) is 70.6 Å². The second-order valence-corrected chi connectivity index (χ2v) is 5.39. The second-order valence-electron chi connectivity index (χ2n) is 5.39. The fourth-order valence-corrected chi connectivity index (χ4v) is 2.29. The van der Waals surface area contributed by atoms with Gasteiger partial charge in [0, 0.05) is 6.42 Å². The number of hydrogen-bond donors (Lipinski definition) is 1. The van der Waals surface area contributed by atoms with E-state index in [-0.39, 0.29) is 59.1 Å². The summed E-state index contributed by atoms with van der Waals surface area (Å²) in [5, 5.41) is 8.49. The normalized spacial score (nSPS) is 9.65. The Morgan fingerprint density at radius 2 is 0.950 bits per heavy atom. The van der Waals surface area contributed by atoms with E-state index in [4.69, 9.17) is 5.11 Å². The van der Waals surface area contributed by atoms with Crippen molar-refractivity contribution in [3.63, 3.8) is 0 Å². The van der Waals surface area contributed by atoms with Gasteiger partial charge in [-0.3, -0.25) is 4.79 Å². The molecular weight excluding hydrogens is 270 g/mol. The maximum atomic E-state index is 10.3. The quantitative estimate of drug-likeness (QED) is 0.385. The van der Waals surface area contributed by atoms with Gasteiger partial charge < -0.3 is 5.11 Å². The Labute approximate surface area is 170 Å². The fourth-order valence-electron chi connectivity index (χ4n) is 2.29. The molecule has 2 nitrogen and oxygen atoms in total. The third-order valence-electron chi connectivity index (χ3n) is 3.49. The average Bonchev–Trinajstić information content (AvgIpc) is 2.34. The first-order chi connectivity index (χ1) is 8.77. The number of carbonyl (C=O) groups is 1. The van der Waals surface area contributed by atoms with Gasteiger partial charge in [0.1, 0.15) is 0 Å². The predicted molar refractivity (Wildman–Crippen MR) is 92.2 cm³/mol. The molecule has 1 N–H and O–H groups in total. The predicted octanol–water partition coefficient (Wildman–Crippen LogP) is 4.26. The van der Waals surface area contributed by atoms with E-state index < -0.39 is 5.97 Å². The molecule has 4 heteroatoms. The van der Waals surface area contributed by atoms with Crippen LogP contribution in [0.25, 0.3) is 0 Å². The molecule has 20 heavy (non-hydrogen) atoms. The summed E-state index contributed by atoms with van der Waals surface area (Å²) < 4.78 is 0. The Balaban J connectivity index is -0.00000144. The molecule has 0 saturated carbocycles. The molecule has 0 bridgehead atoms. The van der Waals surface area contributed by atoms with E-state index in [1.807, 2.05) is 0 Å². The summed E-state index contributed by atoms with van der Waals surface area (Å²) in [5.74, 6) is -0.655. The van der Waals surface area contributed by atoms with E-state index in [9.17, 15) is 4.79 Å². The standard InChI is InChI=1S/C16H32O2.2Na.2H/c1-2-3-4-5-6-7-8-9-10-11-12-13-14-15-16(17)18;;;;/h2-15H2,1H3,(H,17,18);;;;. The van der Waals surface area contributed by atoms with Crippen LogP contribution in [0.5, 0.6) is 0 Å². The minimum absolute atomic E-state index is 0. The van der Waals surface area contributed by atoms with Crippen LogP contribution in [0.3, 0.4) is 0 Å². The summed E-state index contributed by atoms with van der Waals surface area (Å²) >= 11 is 0. The molecule has 0 aliphatic rings. The molecule has 0 rings (SSSR count). The molecule has 0 unspecified atom stereocenters. The van der Waals surface area contributed by atoms with E-state index in [0.717, 1.165) is 12.8 Å². The summed E-state index contributed by atoms with van der Waals surface area (Å²) in [6.07, 6.45) is 17.3. The summed E-state index contributed by atoms with van der Waals surface area (Å²) in [6, 6.07) is 0. The summed E-state index contributed by atoms with van der Waals surface area (Å²) in [5.41, 5.74) is 0. The Morgan fingerprint density at radius 1 is 0.650 bits per heavy atom. The molecule has 0 aromatic rings. The molecule has 0 radical (unpaired) electrons. The first kappa shape index (κ1) is 26.4. The third-order valence-corrected chi connectivity index (χ3v) is 3.49. The van der Waals surface area contributed by atoms with Crippen LogP contribution in [0.1, 0.15) is 96.8 Å². The van der Waals surface area contributed by atoms with Crippen LogP contribution in [-0.4, -0.2) is 70.2 Å². The van der Waals surface area contributed by atoms with Gasteiger partial charge in [0.2, 0.25) is 0 Å². The van der Waals surface area contributed by atoms with Crippen LogP contribution in [0, 0.1) is 0 Å². The van der Waals surface area contributed by atoms with Crippen molar-refractivity contribution >= 4 is 65.1 Å². The van der Waals surface area contributed by atoms with Crippen LogP contribution in [-0.2, 0) is 4.79 Å². The number of hydrogen-bond acceptors (Lipinski definition) is 1. The summed E-state index contributed by atoms with van der Waals surface area (Å²) in [6.45, 7) is 2.26. The van der Waals surface area contributed by atoms with Gasteiger partial charge in [0.25, 0.3) is 0 Å². The Hall–Kier alpha value is 1.47. The Morgan fingerprint density at radius 3 is 1.25 bits per heavy atom. The Bertz CT molecular complexity index is 187. The van der Waals surface area contributed by atoms with Crippen LogP contribution >= 0.6 is 0 Å². The molecule has 0 aliphatic heterocycles. The van der Waals surface area contributed by atoms with Crippen LogP contribution in [0.15, 0.2) is 0 Å². The van der Waals surface area contributed by atoms with Gasteiger partial charge in [-0.05, 0) is 6.42 Å². The molecule has 0 atom stereocenters. The number of unbranched alkanes of at least 4 members (excludes halogenated alkanes) is 12.